The second-order valence-corrected chi connectivity index (χ2v) is 9.49. The molecule has 0 saturated carbocycles. The molecule has 0 aliphatic rings. The van der Waals surface area contributed by atoms with E-state index in [1.165, 1.54) is 48.5 Å². The maximum absolute atomic E-state index is 14.7. The summed E-state index contributed by atoms with van der Waals surface area (Å²) in [5.74, 6) is -4.38. The van der Waals surface area contributed by atoms with Gasteiger partial charge in [0.15, 0.2) is 17.5 Å². The topological polar surface area (TPSA) is 127 Å². The lowest BCUT2D eigenvalue weighted by Crippen LogP contribution is -2.41. The van der Waals surface area contributed by atoms with Crippen LogP contribution in [0.25, 0.3) is 22.0 Å². The average molecular weight is 585 g/mol. The van der Waals surface area contributed by atoms with E-state index in [1.54, 1.807) is 7.05 Å². The maximum atomic E-state index is 14.7. The minimum atomic E-state index is -1.40. The normalized spacial score (nSPS) is 11.3. The summed E-state index contributed by atoms with van der Waals surface area (Å²) in [5.41, 5.74) is 4.16. The van der Waals surface area contributed by atoms with Crippen LogP contribution in [-0.2, 0) is 20.1 Å². The summed E-state index contributed by atoms with van der Waals surface area (Å²) in [4.78, 5) is 43.4. The molecule has 210 valence electrons. The molecule has 0 atom stereocenters. The van der Waals surface area contributed by atoms with E-state index in [-0.39, 0.29) is 45.2 Å². The van der Waals surface area contributed by atoms with Crippen molar-refractivity contribution in [2.45, 2.75) is 13.1 Å². The van der Waals surface area contributed by atoms with Crippen LogP contribution in [0.15, 0.2) is 58.4 Å². The molecule has 5 rings (SSSR count). The van der Waals surface area contributed by atoms with Gasteiger partial charge in [-0.3, -0.25) is 23.4 Å². The minimum Gasteiger partial charge on any atom is -0.496 e. The van der Waals surface area contributed by atoms with Crippen LogP contribution in [-0.4, -0.2) is 36.9 Å². The van der Waals surface area contributed by atoms with Crippen LogP contribution >= 0.6 is 11.6 Å². The summed E-state index contributed by atoms with van der Waals surface area (Å²) in [6.07, 6.45) is 1.38. The number of hydrogen-bond acceptors (Lipinski definition) is 6. The number of fused-ring (bicyclic) bond motifs is 1. The molecule has 3 aromatic carbocycles. The van der Waals surface area contributed by atoms with Crippen LogP contribution in [0.4, 0.5) is 13.2 Å². The number of aromatic nitrogens is 5. The van der Waals surface area contributed by atoms with Gasteiger partial charge in [0.2, 0.25) is 5.91 Å². The van der Waals surface area contributed by atoms with E-state index in [1.807, 2.05) is 0 Å². The second kappa shape index (κ2) is 10.6. The Morgan fingerprint density at radius 2 is 1.73 bits per heavy atom. The van der Waals surface area contributed by atoms with Crippen LogP contribution in [0.3, 0.4) is 0 Å². The number of nitrogens with zero attached hydrogens (tertiary/aromatic N) is 5. The van der Waals surface area contributed by atoms with E-state index in [2.05, 4.69) is 10.1 Å². The highest BCUT2D eigenvalue weighted by Gasteiger charge is 2.22. The van der Waals surface area contributed by atoms with Crippen molar-refractivity contribution < 1.29 is 22.7 Å². The molecule has 0 radical (unpaired) electrons. The third-order valence-electron chi connectivity index (χ3n) is 6.44. The van der Waals surface area contributed by atoms with Crippen LogP contribution in [0.1, 0.15) is 21.7 Å². The lowest BCUT2D eigenvalue weighted by atomic mass is 10.0. The van der Waals surface area contributed by atoms with Gasteiger partial charge in [0, 0.05) is 34.8 Å². The van der Waals surface area contributed by atoms with E-state index in [9.17, 15) is 27.6 Å². The highest BCUT2D eigenvalue weighted by molar-refractivity contribution is 6.33. The third kappa shape index (κ3) is 5.07. The predicted octanol–water partition coefficient (Wildman–Crippen LogP) is 3.23. The first-order chi connectivity index (χ1) is 19.5. The zero-order chi connectivity index (χ0) is 29.6. The molecule has 2 aromatic heterocycles. The maximum Gasteiger partial charge on any atom is 0.332 e. The molecule has 0 spiro atoms. The molecule has 1 amide bonds. The van der Waals surface area contributed by atoms with Crippen molar-refractivity contribution in [3.05, 3.63) is 109 Å². The minimum absolute atomic E-state index is 0.0188. The standard InChI is InChI=1S/C27H20ClF3N6O4/c1-35-12-33-23(34-35)11-37-26(39)24-21(36(27(37)40)10-15-6-19(30)20(31)9-18(15)29)7-14(8-22(24)41-2)16-5-13(25(32)38)3-4-17(16)28/h3-9,12H,10-11H2,1-2H3,(H2,32,38). The SMILES string of the molecule is COc1cc(-c2cc(C(N)=O)ccc2Cl)cc2c1c(=O)n(Cc1ncn(C)n1)c(=O)n2Cc1cc(F)c(F)cc1F. The van der Waals surface area contributed by atoms with Gasteiger partial charge in [-0.2, -0.15) is 5.10 Å². The molecule has 0 saturated heterocycles. The van der Waals surface area contributed by atoms with Gasteiger partial charge in [0.1, 0.15) is 23.3 Å². The summed E-state index contributed by atoms with van der Waals surface area (Å²) in [5, 5.41) is 4.25. The number of carbonyl (C=O) groups is 1. The highest BCUT2D eigenvalue weighted by atomic mass is 35.5. The fourth-order valence-corrected chi connectivity index (χ4v) is 4.69. The number of halogens is 4. The fourth-order valence-electron chi connectivity index (χ4n) is 4.46. The van der Waals surface area contributed by atoms with Gasteiger partial charge in [0.25, 0.3) is 5.56 Å². The first kappa shape index (κ1) is 27.6. The largest absolute Gasteiger partial charge is 0.496 e. The Labute approximate surface area is 234 Å². The number of primary amides is 1. The molecule has 2 heterocycles. The Morgan fingerprint density at radius 1 is 1.00 bits per heavy atom. The van der Waals surface area contributed by atoms with Crippen molar-refractivity contribution in [1.29, 1.82) is 0 Å². The second-order valence-electron chi connectivity index (χ2n) is 9.08. The van der Waals surface area contributed by atoms with Crippen molar-refractivity contribution in [2.24, 2.45) is 12.8 Å². The van der Waals surface area contributed by atoms with Crippen LogP contribution < -0.4 is 21.7 Å². The monoisotopic (exact) mass is 584 g/mol. The van der Waals surface area contributed by atoms with Crippen molar-refractivity contribution in [2.75, 3.05) is 7.11 Å². The van der Waals surface area contributed by atoms with E-state index in [0.29, 0.717) is 23.3 Å². The number of amides is 1. The summed E-state index contributed by atoms with van der Waals surface area (Å²) >= 11 is 6.41. The molecule has 5 aromatic rings. The Balaban J connectivity index is 1.84. The fraction of sp³-hybridized carbons (Fsp3) is 0.148. The van der Waals surface area contributed by atoms with Crippen molar-refractivity contribution in [1.82, 2.24) is 23.9 Å². The summed E-state index contributed by atoms with van der Waals surface area (Å²) in [6.45, 7) is -0.929. The molecule has 0 fully saturated rings. The number of aryl methyl sites for hydroxylation is 1. The van der Waals surface area contributed by atoms with Gasteiger partial charge in [-0.25, -0.2) is 22.9 Å². The van der Waals surface area contributed by atoms with Gasteiger partial charge in [-0.1, -0.05) is 11.6 Å². The number of carbonyl (C=O) groups excluding carboxylic acids is 1. The molecular formula is C27H20ClF3N6O4. The van der Waals surface area contributed by atoms with Crippen LogP contribution in [0.5, 0.6) is 5.75 Å². The molecule has 41 heavy (non-hydrogen) atoms. The van der Waals surface area contributed by atoms with Gasteiger partial charge in [0.05, 0.1) is 25.7 Å². The summed E-state index contributed by atoms with van der Waals surface area (Å²) < 4.78 is 51.2. The van der Waals surface area contributed by atoms with E-state index >= 15 is 0 Å². The Bertz CT molecular complexity index is 1990. The van der Waals surface area contributed by atoms with Gasteiger partial charge < -0.3 is 10.5 Å². The van der Waals surface area contributed by atoms with E-state index in [4.69, 9.17) is 22.1 Å². The Kier molecular flexibility index (Phi) is 7.13. The Morgan fingerprint density at radius 3 is 2.39 bits per heavy atom. The van der Waals surface area contributed by atoms with Gasteiger partial charge in [-0.05, 0) is 42.0 Å². The summed E-state index contributed by atoms with van der Waals surface area (Å²) in [7, 11) is 2.90. The number of rotatable bonds is 7. The van der Waals surface area contributed by atoms with Gasteiger partial charge in [-0.15, -0.1) is 0 Å². The van der Waals surface area contributed by atoms with E-state index < -0.39 is 41.2 Å². The quantitative estimate of drug-likeness (QED) is 0.293. The van der Waals surface area contributed by atoms with Crippen molar-refractivity contribution in [3.63, 3.8) is 0 Å². The van der Waals surface area contributed by atoms with Gasteiger partial charge >= 0.3 is 5.69 Å². The number of methoxy groups -OCH3 is 1. The number of ether oxygens (including phenoxy) is 1. The molecule has 0 aliphatic carbocycles. The first-order valence-corrected chi connectivity index (χ1v) is 12.3. The molecule has 2 N–H and O–H groups in total. The molecule has 10 nitrogen and oxygen atoms in total. The van der Waals surface area contributed by atoms with Crippen molar-refractivity contribution >= 4 is 28.4 Å². The molecule has 0 unspecified atom stereocenters. The molecule has 0 bridgehead atoms. The molecule has 14 heteroatoms. The molecule has 0 aliphatic heterocycles. The van der Waals surface area contributed by atoms with Crippen molar-refractivity contribution in [3.8, 4) is 16.9 Å². The van der Waals surface area contributed by atoms with Crippen LogP contribution in [0, 0.1) is 17.5 Å². The number of hydrogen-bond donors (Lipinski definition) is 1. The van der Waals surface area contributed by atoms with E-state index in [0.717, 1.165) is 9.13 Å². The predicted molar refractivity (Wildman–Crippen MR) is 144 cm³/mol. The third-order valence-corrected chi connectivity index (χ3v) is 6.77. The highest BCUT2D eigenvalue weighted by Crippen LogP contribution is 2.35. The zero-order valence-electron chi connectivity index (χ0n) is 21.5. The lowest BCUT2D eigenvalue weighted by Gasteiger charge is -2.18. The summed E-state index contributed by atoms with van der Waals surface area (Å²) in [6, 6.07) is 8.21. The Hall–Kier alpha value is -4.91. The molecular weight excluding hydrogens is 565 g/mol. The first-order valence-electron chi connectivity index (χ1n) is 11.9. The number of benzene rings is 3. The smallest absolute Gasteiger partial charge is 0.332 e. The number of nitrogens with two attached hydrogens (primary N) is 1. The zero-order valence-corrected chi connectivity index (χ0v) is 22.2. The lowest BCUT2D eigenvalue weighted by molar-refractivity contribution is 0.100. The average Bonchev–Trinajstić information content (AvgIpc) is 3.35. The van der Waals surface area contributed by atoms with Crippen LogP contribution in [0.2, 0.25) is 5.02 Å².